The van der Waals surface area contributed by atoms with Crippen LogP contribution in [0.2, 0.25) is 0 Å². The highest BCUT2D eigenvalue weighted by Gasteiger charge is 2.15. The van der Waals surface area contributed by atoms with Crippen molar-refractivity contribution >= 4 is 62.2 Å². The Labute approximate surface area is 231 Å². The zero-order chi connectivity index (χ0) is 26.1. The summed E-state index contributed by atoms with van der Waals surface area (Å²) in [5.74, 6) is -0.0414. The number of nitriles is 1. The lowest BCUT2D eigenvalue weighted by Gasteiger charge is -2.14. The summed E-state index contributed by atoms with van der Waals surface area (Å²) in [4.78, 5) is 24.3. The van der Waals surface area contributed by atoms with E-state index in [4.69, 9.17) is 9.47 Å². The number of nitrogens with one attached hydrogen (secondary N) is 1. The maximum atomic E-state index is 12.7. The number of carbonyl (C=O) groups is 2. The third kappa shape index (κ3) is 7.32. The highest BCUT2D eigenvalue weighted by atomic mass is 127. The molecule has 0 radical (unpaired) electrons. The van der Waals surface area contributed by atoms with Crippen LogP contribution in [0.25, 0.3) is 6.08 Å². The molecular weight excluding hydrogens is 639 g/mol. The van der Waals surface area contributed by atoms with Crippen LogP contribution in [0.1, 0.15) is 28.4 Å². The van der Waals surface area contributed by atoms with Crippen LogP contribution in [-0.2, 0) is 16.1 Å². The normalized spacial score (nSPS) is 10.8. The SMILES string of the molecule is CCOc1cc(/C=C(\C#N)C(=O)Nc2ccc(C(=O)OC)cc2)c(Br)cc1OCc1ccc(I)cc1. The summed E-state index contributed by atoms with van der Waals surface area (Å²) < 4.78 is 18.2. The van der Waals surface area contributed by atoms with Crippen molar-refractivity contribution in [2.45, 2.75) is 13.5 Å². The van der Waals surface area contributed by atoms with E-state index < -0.39 is 11.9 Å². The van der Waals surface area contributed by atoms with Gasteiger partial charge in [0.2, 0.25) is 0 Å². The molecule has 9 heteroatoms. The van der Waals surface area contributed by atoms with Gasteiger partial charge in [0.1, 0.15) is 18.2 Å². The third-order valence-electron chi connectivity index (χ3n) is 4.90. The van der Waals surface area contributed by atoms with Crippen LogP contribution in [0.3, 0.4) is 0 Å². The molecule has 0 saturated heterocycles. The quantitative estimate of drug-likeness (QED) is 0.124. The Kier molecular flexibility index (Phi) is 9.90. The van der Waals surface area contributed by atoms with Crippen LogP contribution >= 0.6 is 38.5 Å². The average Bonchev–Trinajstić information content (AvgIpc) is 2.88. The molecule has 0 unspecified atom stereocenters. The predicted octanol–water partition coefficient (Wildman–Crippen LogP) is 6.36. The van der Waals surface area contributed by atoms with E-state index in [1.807, 2.05) is 37.3 Å². The topological polar surface area (TPSA) is 97.7 Å². The van der Waals surface area contributed by atoms with Crippen LogP contribution in [-0.4, -0.2) is 25.6 Å². The van der Waals surface area contributed by atoms with Crippen molar-refractivity contribution in [1.82, 2.24) is 0 Å². The fourth-order valence-electron chi connectivity index (χ4n) is 3.09. The lowest BCUT2D eigenvalue weighted by Crippen LogP contribution is -2.13. The van der Waals surface area contributed by atoms with Crippen molar-refractivity contribution in [1.29, 1.82) is 5.26 Å². The molecule has 0 aliphatic carbocycles. The molecule has 7 nitrogen and oxygen atoms in total. The first-order valence-electron chi connectivity index (χ1n) is 10.8. The number of hydrogen-bond acceptors (Lipinski definition) is 6. The van der Waals surface area contributed by atoms with Crippen molar-refractivity contribution in [3.05, 3.63) is 91.0 Å². The summed E-state index contributed by atoms with van der Waals surface area (Å²) in [6.45, 7) is 2.64. The molecule has 184 valence electrons. The van der Waals surface area contributed by atoms with Crippen molar-refractivity contribution in [3.63, 3.8) is 0 Å². The zero-order valence-electron chi connectivity index (χ0n) is 19.5. The number of esters is 1. The number of nitrogens with zero attached hydrogens (tertiary/aromatic N) is 1. The van der Waals surface area contributed by atoms with Crippen LogP contribution in [0.5, 0.6) is 11.5 Å². The Morgan fingerprint density at radius 1 is 1.06 bits per heavy atom. The number of rotatable bonds is 9. The number of anilines is 1. The van der Waals surface area contributed by atoms with Crippen molar-refractivity contribution in [3.8, 4) is 17.6 Å². The van der Waals surface area contributed by atoms with Gasteiger partial charge in [0, 0.05) is 13.7 Å². The first-order chi connectivity index (χ1) is 17.3. The van der Waals surface area contributed by atoms with Crippen LogP contribution in [0, 0.1) is 14.9 Å². The lowest BCUT2D eigenvalue weighted by molar-refractivity contribution is -0.112. The molecule has 3 aromatic carbocycles. The predicted molar refractivity (Wildman–Crippen MR) is 149 cm³/mol. The van der Waals surface area contributed by atoms with Gasteiger partial charge in [-0.3, -0.25) is 4.79 Å². The van der Waals surface area contributed by atoms with Gasteiger partial charge in [-0.05, 0) is 95.2 Å². The van der Waals surface area contributed by atoms with E-state index in [0.717, 1.165) is 9.13 Å². The molecule has 0 fully saturated rings. The fourth-order valence-corrected chi connectivity index (χ4v) is 3.89. The Morgan fingerprint density at radius 2 is 1.72 bits per heavy atom. The second-order valence-electron chi connectivity index (χ2n) is 7.36. The largest absolute Gasteiger partial charge is 0.490 e. The monoisotopic (exact) mass is 660 g/mol. The molecule has 0 aliphatic heterocycles. The van der Waals surface area contributed by atoms with E-state index in [9.17, 15) is 14.9 Å². The number of ether oxygens (including phenoxy) is 3. The van der Waals surface area contributed by atoms with E-state index in [0.29, 0.717) is 46.0 Å². The Bertz CT molecular complexity index is 1320. The molecule has 1 N–H and O–H groups in total. The molecule has 0 saturated carbocycles. The Balaban J connectivity index is 1.80. The molecule has 0 spiro atoms. The maximum absolute atomic E-state index is 12.7. The van der Waals surface area contributed by atoms with Crippen LogP contribution in [0.4, 0.5) is 5.69 Å². The average molecular weight is 661 g/mol. The van der Waals surface area contributed by atoms with Crippen molar-refractivity contribution < 1.29 is 23.8 Å². The molecule has 1 amide bonds. The summed E-state index contributed by atoms with van der Waals surface area (Å²) in [7, 11) is 1.29. The van der Waals surface area contributed by atoms with E-state index in [1.165, 1.54) is 25.3 Å². The Hall–Kier alpha value is -3.36. The minimum Gasteiger partial charge on any atom is -0.490 e. The molecular formula is C27H22BrIN2O5. The first-order valence-corrected chi connectivity index (χ1v) is 12.7. The number of carbonyl (C=O) groups excluding carboxylic acids is 2. The van der Waals surface area contributed by atoms with Gasteiger partial charge < -0.3 is 19.5 Å². The van der Waals surface area contributed by atoms with Gasteiger partial charge >= 0.3 is 5.97 Å². The minimum absolute atomic E-state index is 0.109. The van der Waals surface area contributed by atoms with E-state index in [-0.39, 0.29) is 5.57 Å². The minimum atomic E-state index is -0.591. The number of benzene rings is 3. The van der Waals surface area contributed by atoms with Gasteiger partial charge in [0.15, 0.2) is 11.5 Å². The number of amides is 1. The van der Waals surface area contributed by atoms with Gasteiger partial charge in [-0.1, -0.05) is 28.1 Å². The highest BCUT2D eigenvalue weighted by molar-refractivity contribution is 14.1. The molecule has 3 aromatic rings. The second-order valence-corrected chi connectivity index (χ2v) is 9.46. The van der Waals surface area contributed by atoms with Gasteiger partial charge in [-0.15, -0.1) is 0 Å². The van der Waals surface area contributed by atoms with Gasteiger partial charge in [-0.2, -0.15) is 5.26 Å². The number of hydrogen-bond donors (Lipinski definition) is 1. The van der Waals surface area contributed by atoms with E-state index in [1.54, 1.807) is 24.3 Å². The van der Waals surface area contributed by atoms with Gasteiger partial charge in [0.25, 0.3) is 5.91 Å². The highest BCUT2D eigenvalue weighted by Crippen LogP contribution is 2.35. The molecule has 0 atom stereocenters. The number of methoxy groups -OCH3 is 1. The molecule has 3 rings (SSSR count). The zero-order valence-corrected chi connectivity index (χ0v) is 23.3. The number of halogens is 2. The Morgan fingerprint density at radius 3 is 2.33 bits per heavy atom. The summed E-state index contributed by atoms with van der Waals surface area (Å²) >= 11 is 5.75. The first kappa shape index (κ1) is 27.2. The van der Waals surface area contributed by atoms with Gasteiger partial charge in [0.05, 0.1) is 19.3 Å². The third-order valence-corrected chi connectivity index (χ3v) is 6.31. The van der Waals surface area contributed by atoms with Crippen LogP contribution < -0.4 is 14.8 Å². The summed E-state index contributed by atoms with van der Waals surface area (Å²) in [6.07, 6.45) is 1.47. The second kappa shape index (κ2) is 13.1. The summed E-state index contributed by atoms with van der Waals surface area (Å²) in [5, 5.41) is 12.3. The van der Waals surface area contributed by atoms with Crippen molar-refractivity contribution in [2.24, 2.45) is 0 Å². The molecule has 36 heavy (non-hydrogen) atoms. The van der Waals surface area contributed by atoms with Crippen LogP contribution in [0.15, 0.2) is 70.7 Å². The summed E-state index contributed by atoms with van der Waals surface area (Å²) in [6, 6.07) is 19.6. The molecule has 0 aromatic heterocycles. The standard InChI is InChI=1S/C27H22BrIN2O5/c1-3-35-24-13-19(23(28)14-25(24)36-16-17-4-8-21(29)9-5-17)12-20(15-30)26(32)31-22-10-6-18(7-11-22)27(33)34-2/h4-14H,3,16H2,1-2H3,(H,31,32)/b20-12+. The maximum Gasteiger partial charge on any atom is 0.337 e. The van der Waals surface area contributed by atoms with Crippen molar-refractivity contribution in [2.75, 3.05) is 19.0 Å². The molecule has 0 bridgehead atoms. The van der Waals surface area contributed by atoms with E-state index in [2.05, 4.69) is 48.6 Å². The lowest BCUT2D eigenvalue weighted by atomic mass is 10.1. The molecule has 0 heterocycles. The van der Waals surface area contributed by atoms with E-state index >= 15 is 0 Å². The summed E-state index contributed by atoms with van der Waals surface area (Å²) in [5.41, 5.74) is 2.27. The fraction of sp³-hybridized carbons (Fsp3) is 0.148. The van der Waals surface area contributed by atoms with Gasteiger partial charge in [-0.25, -0.2) is 4.79 Å². The smallest absolute Gasteiger partial charge is 0.337 e. The molecule has 0 aliphatic rings.